The molecule has 5 heteroatoms. The molecule has 0 aliphatic heterocycles. The zero-order valence-electron chi connectivity index (χ0n) is 11.4. The Morgan fingerprint density at radius 2 is 2.21 bits per heavy atom. The van der Waals surface area contributed by atoms with Crippen molar-refractivity contribution in [2.24, 2.45) is 0 Å². The van der Waals surface area contributed by atoms with Gasteiger partial charge in [-0.3, -0.25) is 4.79 Å². The molecule has 0 atom stereocenters. The molecule has 1 aromatic rings. The van der Waals surface area contributed by atoms with Gasteiger partial charge in [0, 0.05) is 24.9 Å². The van der Waals surface area contributed by atoms with Gasteiger partial charge in [-0.1, -0.05) is 43.0 Å². The summed E-state index contributed by atoms with van der Waals surface area (Å²) in [6.07, 6.45) is 7.16. The van der Waals surface area contributed by atoms with Crippen molar-refractivity contribution in [2.45, 2.75) is 44.1 Å². The van der Waals surface area contributed by atoms with E-state index in [-0.39, 0.29) is 5.91 Å². The zero-order chi connectivity index (χ0) is 13.8. The lowest BCUT2D eigenvalue weighted by Crippen LogP contribution is -2.24. The van der Waals surface area contributed by atoms with Crippen LogP contribution in [0.5, 0.6) is 0 Å². The minimum absolute atomic E-state index is 0.158. The summed E-state index contributed by atoms with van der Waals surface area (Å²) >= 11 is 0. The van der Waals surface area contributed by atoms with Crippen LogP contribution in [0.15, 0.2) is 29.4 Å². The van der Waals surface area contributed by atoms with E-state index in [4.69, 9.17) is 0 Å². The average molecular weight is 298 g/mol. The molecule has 106 valence electrons. The summed E-state index contributed by atoms with van der Waals surface area (Å²) < 4.78 is 0. The predicted molar refractivity (Wildman–Crippen MR) is 84.3 cm³/mol. The Hall–Kier alpha value is -0.680. The third kappa shape index (κ3) is 8.94. The highest BCUT2D eigenvalue weighted by Gasteiger charge is 2.01. The lowest BCUT2D eigenvalue weighted by molar-refractivity contribution is -0.120. The summed E-state index contributed by atoms with van der Waals surface area (Å²) in [6, 6.07) is 5.85. The van der Waals surface area contributed by atoms with Crippen LogP contribution in [0.1, 0.15) is 39.0 Å². The SMILES string of the molecule is CCCCCCNC(=O)CCSSc1ccccn1. The quantitative estimate of drug-likeness (QED) is 0.525. The van der Waals surface area contributed by atoms with E-state index < -0.39 is 0 Å². The number of amides is 1. The number of hydrogen-bond acceptors (Lipinski definition) is 4. The van der Waals surface area contributed by atoms with E-state index in [0.717, 1.165) is 23.7 Å². The van der Waals surface area contributed by atoms with Gasteiger partial charge in [-0.2, -0.15) is 0 Å². The molecular formula is C14H22N2OS2. The van der Waals surface area contributed by atoms with Crippen molar-refractivity contribution in [1.82, 2.24) is 10.3 Å². The van der Waals surface area contributed by atoms with Gasteiger partial charge in [0.1, 0.15) is 5.03 Å². The van der Waals surface area contributed by atoms with Crippen molar-refractivity contribution >= 4 is 27.5 Å². The van der Waals surface area contributed by atoms with Gasteiger partial charge in [-0.15, -0.1) is 0 Å². The second kappa shape index (κ2) is 11.2. The van der Waals surface area contributed by atoms with E-state index in [9.17, 15) is 4.79 Å². The van der Waals surface area contributed by atoms with Gasteiger partial charge in [0.15, 0.2) is 0 Å². The first-order valence-electron chi connectivity index (χ1n) is 6.80. The summed E-state index contributed by atoms with van der Waals surface area (Å²) in [5.41, 5.74) is 0. The van der Waals surface area contributed by atoms with Gasteiger partial charge in [-0.05, 0) is 29.3 Å². The van der Waals surface area contributed by atoms with Gasteiger partial charge in [0.05, 0.1) is 0 Å². The first-order chi connectivity index (χ1) is 9.33. The monoisotopic (exact) mass is 298 g/mol. The number of rotatable bonds is 10. The number of carbonyl (C=O) groups is 1. The van der Waals surface area contributed by atoms with Crippen LogP contribution in [0.2, 0.25) is 0 Å². The molecule has 0 fully saturated rings. The summed E-state index contributed by atoms with van der Waals surface area (Å²) in [7, 11) is 3.30. The van der Waals surface area contributed by atoms with Gasteiger partial charge < -0.3 is 5.32 Å². The molecule has 0 aliphatic carbocycles. The van der Waals surface area contributed by atoms with Crippen LogP contribution < -0.4 is 5.32 Å². The summed E-state index contributed by atoms with van der Waals surface area (Å²) in [5.74, 6) is 0.979. The second-order valence-corrected chi connectivity index (χ2v) is 6.67. The first kappa shape index (κ1) is 16.4. The molecule has 1 rings (SSSR count). The molecular weight excluding hydrogens is 276 g/mol. The minimum atomic E-state index is 0.158. The molecule has 3 nitrogen and oxygen atoms in total. The highest BCUT2D eigenvalue weighted by molar-refractivity contribution is 8.76. The maximum atomic E-state index is 11.5. The van der Waals surface area contributed by atoms with Gasteiger partial charge >= 0.3 is 0 Å². The molecule has 1 N–H and O–H groups in total. The average Bonchev–Trinajstić information content (AvgIpc) is 2.44. The fourth-order valence-electron chi connectivity index (χ4n) is 1.50. The first-order valence-corrected chi connectivity index (χ1v) is 9.12. The summed E-state index contributed by atoms with van der Waals surface area (Å²) in [6.45, 7) is 3.01. The van der Waals surface area contributed by atoms with Gasteiger partial charge in [0.2, 0.25) is 5.91 Å². The Morgan fingerprint density at radius 1 is 1.32 bits per heavy atom. The topological polar surface area (TPSA) is 42.0 Å². The highest BCUT2D eigenvalue weighted by Crippen LogP contribution is 2.29. The second-order valence-electron chi connectivity index (χ2n) is 4.23. The fourth-order valence-corrected chi connectivity index (χ4v) is 3.37. The largest absolute Gasteiger partial charge is 0.356 e. The predicted octanol–water partition coefficient (Wildman–Crippen LogP) is 3.91. The molecule has 1 amide bonds. The number of aromatic nitrogens is 1. The third-order valence-corrected chi connectivity index (χ3v) is 4.81. The van der Waals surface area contributed by atoms with E-state index in [1.54, 1.807) is 27.8 Å². The maximum Gasteiger partial charge on any atom is 0.220 e. The Morgan fingerprint density at radius 3 is 2.95 bits per heavy atom. The van der Waals surface area contributed by atoms with Crippen molar-refractivity contribution in [2.75, 3.05) is 12.3 Å². The number of carbonyl (C=O) groups excluding carboxylic acids is 1. The zero-order valence-corrected chi connectivity index (χ0v) is 13.1. The minimum Gasteiger partial charge on any atom is -0.356 e. The van der Waals surface area contributed by atoms with Crippen LogP contribution in [0.3, 0.4) is 0 Å². The Kier molecular flexibility index (Phi) is 9.63. The van der Waals surface area contributed by atoms with E-state index >= 15 is 0 Å². The lowest BCUT2D eigenvalue weighted by atomic mass is 10.2. The van der Waals surface area contributed by atoms with E-state index in [2.05, 4.69) is 17.2 Å². The fraction of sp³-hybridized carbons (Fsp3) is 0.571. The molecule has 0 saturated heterocycles. The molecule has 0 aliphatic rings. The summed E-state index contributed by atoms with van der Waals surface area (Å²) in [5, 5.41) is 3.96. The number of nitrogens with zero attached hydrogens (tertiary/aromatic N) is 1. The maximum absolute atomic E-state index is 11.5. The highest BCUT2D eigenvalue weighted by atomic mass is 33.1. The Labute approximate surface area is 123 Å². The molecule has 0 unspecified atom stereocenters. The van der Waals surface area contributed by atoms with E-state index in [0.29, 0.717) is 6.42 Å². The number of nitrogens with one attached hydrogen (secondary N) is 1. The van der Waals surface area contributed by atoms with Crippen LogP contribution in [0, 0.1) is 0 Å². The number of unbranched alkanes of at least 4 members (excludes halogenated alkanes) is 3. The van der Waals surface area contributed by atoms with Crippen molar-refractivity contribution in [3.8, 4) is 0 Å². The molecule has 0 spiro atoms. The molecule has 1 heterocycles. The molecule has 0 aromatic carbocycles. The van der Waals surface area contributed by atoms with Crippen LogP contribution in [0.4, 0.5) is 0 Å². The van der Waals surface area contributed by atoms with E-state index in [1.807, 2.05) is 18.2 Å². The van der Waals surface area contributed by atoms with Gasteiger partial charge in [0.25, 0.3) is 0 Å². The third-order valence-electron chi connectivity index (χ3n) is 2.55. The molecule has 1 aromatic heterocycles. The van der Waals surface area contributed by atoms with Gasteiger partial charge in [-0.25, -0.2) is 4.98 Å². The standard InChI is InChI=1S/C14H22N2OS2/c1-2-3-4-6-10-15-13(17)9-12-18-19-14-8-5-7-11-16-14/h5,7-8,11H,2-4,6,9-10,12H2,1H3,(H,15,17). The van der Waals surface area contributed by atoms with Crippen LogP contribution in [-0.2, 0) is 4.79 Å². The van der Waals surface area contributed by atoms with Crippen molar-refractivity contribution in [3.63, 3.8) is 0 Å². The normalized spacial score (nSPS) is 10.4. The van der Waals surface area contributed by atoms with Crippen LogP contribution >= 0.6 is 21.6 Å². The van der Waals surface area contributed by atoms with Crippen LogP contribution in [0.25, 0.3) is 0 Å². The Bertz CT molecular complexity index is 347. The molecule has 19 heavy (non-hydrogen) atoms. The number of hydrogen-bond donors (Lipinski definition) is 1. The van der Waals surface area contributed by atoms with Crippen LogP contribution in [-0.4, -0.2) is 23.2 Å². The van der Waals surface area contributed by atoms with E-state index in [1.165, 1.54) is 19.3 Å². The van der Waals surface area contributed by atoms with Crippen molar-refractivity contribution < 1.29 is 4.79 Å². The molecule has 0 saturated carbocycles. The Balaban J connectivity index is 1.95. The lowest BCUT2D eigenvalue weighted by Gasteiger charge is -2.04. The van der Waals surface area contributed by atoms with Crippen molar-refractivity contribution in [1.29, 1.82) is 0 Å². The summed E-state index contributed by atoms with van der Waals surface area (Å²) in [4.78, 5) is 15.8. The molecule has 0 radical (unpaired) electrons. The molecule has 0 bridgehead atoms. The number of pyridine rings is 1. The van der Waals surface area contributed by atoms with Crippen molar-refractivity contribution in [3.05, 3.63) is 24.4 Å². The smallest absolute Gasteiger partial charge is 0.220 e.